The number of nitrogens with two attached hydrogens (primary N) is 1. The van der Waals surface area contributed by atoms with Crippen LogP contribution in [0.3, 0.4) is 0 Å². The molecule has 0 radical (unpaired) electrons. The molecule has 1 heterocycles. The predicted octanol–water partition coefficient (Wildman–Crippen LogP) is -0.477. The molecule has 1 rings (SSSR count). The molecule has 0 aromatic heterocycles. The van der Waals surface area contributed by atoms with E-state index < -0.39 is 5.54 Å². The largest absolute Gasteiger partial charge is 0.314 e. The van der Waals surface area contributed by atoms with Gasteiger partial charge in [-0.3, -0.25) is 4.99 Å². The van der Waals surface area contributed by atoms with Gasteiger partial charge in [0.15, 0.2) is 0 Å². The van der Waals surface area contributed by atoms with Crippen molar-refractivity contribution in [3.63, 3.8) is 0 Å². The Morgan fingerprint density at radius 3 is 2.89 bits per heavy atom. The van der Waals surface area contributed by atoms with Gasteiger partial charge in [0, 0.05) is 6.21 Å². The molecule has 0 saturated carbocycles. The van der Waals surface area contributed by atoms with Crippen LogP contribution in [0.1, 0.15) is 0 Å². The monoisotopic (exact) mass is 124 g/mol. The Labute approximate surface area is 53.3 Å². The molecule has 1 atom stereocenters. The maximum Gasteiger partial charge on any atom is 0.145 e. The highest BCUT2D eigenvalue weighted by Gasteiger charge is 2.20. The first-order valence-electron chi connectivity index (χ1n) is 2.70. The molecular weight excluding hydrogens is 116 g/mol. The lowest BCUT2D eigenvalue weighted by molar-refractivity contribution is -0.110. The average Bonchev–Trinajstić information content (AvgIpc) is 1.90. The van der Waals surface area contributed by atoms with Crippen LogP contribution in [0, 0.1) is 0 Å². The summed E-state index contributed by atoms with van der Waals surface area (Å²) in [6.45, 7) is 0.368. The van der Waals surface area contributed by atoms with Crippen molar-refractivity contribution in [2.45, 2.75) is 5.54 Å². The van der Waals surface area contributed by atoms with Gasteiger partial charge in [-0.25, -0.2) is 0 Å². The third-order valence-corrected chi connectivity index (χ3v) is 1.18. The number of aliphatic imine (C=N–C) groups is 1. The van der Waals surface area contributed by atoms with Gasteiger partial charge < -0.3 is 10.5 Å². The Morgan fingerprint density at radius 2 is 2.56 bits per heavy atom. The number of hydrogen-bond acceptors (Lipinski definition) is 3. The molecule has 0 spiro atoms. The summed E-state index contributed by atoms with van der Waals surface area (Å²) in [5.74, 6) is 0. The Kier molecular flexibility index (Phi) is 1.44. The average molecular weight is 124 g/mol. The molecule has 1 aliphatic rings. The van der Waals surface area contributed by atoms with Gasteiger partial charge in [-0.15, -0.1) is 0 Å². The Balaban J connectivity index is 2.73. The number of carbonyl (C=O) groups excluding carboxylic acids is 1. The minimum absolute atomic E-state index is 0.368. The Bertz CT molecular complexity index is 174. The van der Waals surface area contributed by atoms with Gasteiger partial charge in [-0.2, -0.15) is 0 Å². The van der Waals surface area contributed by atoms with Crippen LogP contribution in [-0.4, -0.2) is 24.6 Å². The summed E-state index contributed by atoms with van der Waals surface area (Å²) < 4.78 is 0. The van der Waals surface area contributed by atoms with Crippen molar-refractivity contribution < 1.29 is 4.79 Å². The van der Waals surface area contributed by atoms with E-state index in [2.05, 4.69) is 4.99 Å². The molecule has 2 N–H and O–H groups in total. The van der Waals surface area contributed by atoms with Gasteiger partial charge in [0.1, 0.15) is 11.8 Å². The first-order valence-corrected chi connectivity index (χ1v) is 2.70. The zero-order valence-corrected chi connectivity index (χ0v) is 4.95. The second-order valence-electron chi connectivity index (χ2n) is 2.08. The third kappa shape index (κ3) is 1.23. The van der Waals surface area contributed by atoms with Crippen molar-refractivity contribution in [2.24, 2.45) is 10.7 Å². The SMILES string of the molecule is NC1(C=O)C=CC=NC1. The van der Waals surface area contributed by atoms with Crippen molar-refractivity contribution >= 4 is 12.5 Å². The summed E-state index contributed by atoms with van der Waals surface area (Å²) in [4.78, 5) is 14.1. The predicted molar refractivity (Wildman–Crippen MR) is 35.5 cm³/mol. The molecule has 0 aromatic carbocycles. The summed E-state index contributed by atoms with van der Waals surface area (Å²) in [6, 6.07) is 0. The molecule has 1 aliphatic heterocycles. The van der Waals surface area contributed by atoms with Crippen LogP contribution in [0.5, 0.6) is 0 Å². The van der Waals surface area contributed by atoms with Crippen molar-refractivity contribution in [2.75, 3.05) is 6.54 Å². The van der Waals surface area contributed by atoms with Crippen molar-refractivity contribution in [3.05, 3.63) is 12.2 Å². The molecule has 0 saturated heterocycles. The van der Waals surface area contributed by atoms with E-state index in [9.17, 15) is 4.79 Å². The number of aldehydes is 1. The van der Waals surface area contributed by atoms with Crippen LogP contribution < -0.4 is 5.73 Å². The standard InChI is InChI=1S/C6H8N2O/c7-6(5-9)2-1-3-8-4-6/h1-3,5H,4,7H2. The van der Waals surface area contributed by atoms with E-state index in [1.165, 1.54) is 0 Å². The Morgan fingerprint density at radius 1 is 1.78 bits per heavy atom. The second-order valence-corrected chi connectivity index (χ2v) is 2.08. The highest BCUT2D eigenvalue weighted by molar-refractivity contribution is 5.78. The van der Waals surface area contributed by atoms with Crippen molar-refractivity contribution in [1.82, 2.24) is 0 Å². The maximum absolute atomic E-state index is 10.2. The lowest BCUT2D eigenvalue weighted by Crippen LogP contribution is -2.43. The smallest absolute Gasteiger partial charge is 0.145 e. The highest BCUT2D eigenvalue weighted by atomic mass is 16.1. The fraction of sp³-hybridized carbons (Fsp3) is 0.333. The summed E-state index contributed by atoms with van der Waals surface area (Å²) in [6.07, 6.45) is 5.67. The number of hydrogen-bond donors (Lipinski definition) is 1. The zero-order chi connectivity index (χ0) is 6.74. The van der Waals surface area contributed by atoms with Gasteiger partial charge >= 0.3 is 0 Å². The summed E-state index contributed by atoms with van der Waals surface area (Å²) in [7, 11) is 0. The van der Waals surface area contributed by atoms with E-state index in [0.29, 0.717) is 12.8 Å². The molecule has 0 aromatic rings. The van der Waals surface area contributed by atoms with E-state index in [1.807, 2.05) is 0 Å². The van der Waals surface area contributed by atoms with Gasteiger partial charge in [-0.1, -0.05) is 6.08 Å². The number of dihydropyridines is 1. The van der Waals surface area contributed by atoms with Gasteiger partial charge in [0.05, 0.1) is 6.54 Å². The first kappa shape index (κ1) is 6.16. The highest BCUT2D eigenvalue weighted by Crippen LogP contribution is 2.02. The Hall–Kier alpha value is -0.960. The molecule has 0 fully saturated rings. The zero-order valence-electron chi connectivity index (χ0n) is 4.95. The van der Waals surface area contributed by atoms with E-state index in [0.717, 1.165) is 0 Å². The molecule has 0 aliphatic carbocycles. The molecule has 48 valence electrons. The molecule has 0 bridgehead atoms. The van der Waals surface area contributed by atoms with E-state index in [1.54, 1.807) is 18.4 Å². The first-order chi connectivity index (χ1) is 4.27. The minimum Gasteiger partial charge on any atom is -0.314 e. The van der Waals surface area contributed by atoms with Gasteiger partial charge in [0.2, 0.25) is 0 Å². The van der Waals surface area contributed by atoms with Crippen LogP contribution in [0.4, 0.5) is 0 Å². The van der Waals surface area contributed by atoms with Gasteiger partial charge in [-0.05, 0) is 6.08 Å². The van der Waals surface area contributed by atoms with Crippen molar-refractivity contribution in [3.8, 4) is 0 Å². The molecule has 0 amide bonds. The van der Waals surface area contributed by atoms with Crippen LogP contribution in [0.25, 0.3) is 0 Å². The van der Waals surface area contributed by atoms with Crippen molar-refractivity contribution in [1.29, 1.82) is 0 Å². The summed E-state index contributed by atoms with van der Waals surface area (Å²) in [5, 5.41) is 0. The second kappa shape index (κ2) is 2.11. The molecular formula is C6H8N2O. The normalized spacial score (nSPS) is 32.6. The minimum atomic E-state index is -0.839. The van der Waals surface area contributed by atoms with Crippen LogP contribution in [0.15, 0.2) is 17.1 Å². The maximum atomic E-state index is 10.2. The number of allylic oxidation sites excluding steroid dienone is 1. The molecule has 3 nitrogen and oxygen atoms in total. The van der Waals surface area contributed by atoms with Crippen LogP contribution in [-0.2, 0) is 4.79 Å². The summed E-state index contributed by atoms with van der Waals surface area (Å²) >= 11 is 0. The lowest BCUT2D eigenvalue weighted by Gasteiger charge is -2.16. The van der Waals surface area contributed by atoms with E-state index in [-0.39, 0.29) is 0 Å². The van der Waals surface area contributed by atoms with E-state index >= 15 is 0 Å². The topological polar surface area (TPSA) is 55.5 Å². The molecule has 3 heteroatoms. The quantitative estimate of drug-likeness (QED) is 0.480. The summed E-state index contributed by atoms with van der Waals surface area (Å²) in [5.41, 5.74) is 4.65. The number of nitrogens with zero attached hydrogens (tertiary/aromatic N) is 1. The van der Waals surface area contributed by atoms with Crippen LogP contribution in [0.2, 0.25) is 0 Å². The third-order valence-electron chi connectivity index (χ3n) is 1.18. The van der Waals surface area contributed by atoms with E-state index in [4.69, 9.17) is 5.73 Å². The fourth-order valence-corrected chi connectivity index (χ4v) is 0.623. The van der Waals surface area contributed by atoms with Gasteiger partial charge in [0.25, 0.3) is 0 Å². The lowest BCUT2D eigenvalue weighted by atomic mass is 10.0. The number of carbonyl (C=O) groups is 1. The fourth-order valence-electron chi connectivity index (χ4n) is 0.623. The molecule has 1 unspecified atom stereocenters. The van der Waals surface area contributed by atoms with Crippen LogP contribution >= 0.6 is 0 Å². The number of rotatable bonds is 1. The molecule has 9 heavy (non-hydrogen) atoms.